The van der Waals surface area contributed by atoms with Crippen LogP contribution < -0.4 is 10.6 Å². The van der Waals surface area contributed by atoms with Crippen molar-refractivity contribution in [3.63, 3.8) is 0 Å². The van der Waals surface area contributed by atoms with E-state index in [2.05, 4.69) is 15.6 Å². The number of nitrogens with zero attached hydrogens (tertiary/aromatic N) is 1. The third-order valence-electron chi connectivity index (χ3n) is 4.88. The van der Waals surface area contributed by atoms with Crippen molar-refractivity contribution >= 4 is 17.5 Å². The molecule has 0 saturated heterocycles. The van der Waals surface area contributed by atoms with E-state index in [4.69, 9.17) is 0 Å². The van der Waals surface area contributed by atoms with Crippen molar-refractivity contribution in [1.29, 1.82) is 0 Å². The van der Waals surface area contributed by atoms with E-state index in [0.29, 0.717) is 16.8 Å². The van der Waals surface area contributed by atoms with Crippen LogP contribution in [0.25, 0.3) is 11.1 Å². The first-order valence-electron chi connectivity index (χ1n) is 9.94. The number of benzene rings is 3. The summed E-state index contributed by atoms with van der Waals surface area (Å²) in [5.74, 6) is -0.420. The van der Waals surface area contributed by atoms with Gasteiger partial charge in [0.15, 0.2) is 0 Å². The lowest BCUT2D eigenvalue weighted by molar-refractivity contribution is 0.0950. The maximum Gasteiger partial charge on any atom is 0.255 e. The molecule has 0 aliphatic heterocycles. The maximum atomic E-state index is 12.8. The van der Waals surface area contributed by atoms with Gasteiger partial charge in [-0.3, -0.25) is 14.6 Å². The topological polar surface area (TPSA) is 71.1 Å². The number of rotatable bonds is 6. The lowest BCUT2D eigenvalue weighted by Crippen LogP contribution is -2.24. The summed E-state index contributed by atoms with van der Waals surface area (Å²) >= 11 is 0. The molecule has 31 heavy (non-hydrogen) atoms. The second-order valence-corrected chi connectivity index (χ2v) is 6.98. The number of carbonyl (C=O) groups is 2. The molecule has 152 valence electrons. The normalized spacial score (nSPS) is 10.3. The van der Waals surface area contributed by atoms with Crippen molar-refractivity contribution in [3.05, 3.63) is 120 Å². The lowest BCUT2D eigenvalue weighted by Gasteiger charge is -2.12. The van der Waals surface area contributed by atoms with E-state index in [1.165, 1.54) is 6.20 Å². The van der Waals surface area contributed by atoms with Crippen LogP contribution in [0.2, 0.25) is 0 Å². The zero-order valence-corrected chi connectivity index (χ0v) is 16.8. The molecule has 1 aromatic heterocycles. The fourth-order valence-electron chi connectivity index (χ4n) is 3.21. The first kappa shape index (κ1) is 20.0. The van der Waals surface area contributed by atoms with Crippen LogP contribution in [0.5, 0.6) is 0 Å². The van der Waals surface area contributed by atoms with Crippen LogP contribution in [0.4, 0.5) is 5.69 Å². The molecule has 5 nitrogen and oxygen atoms in total. The van der Waals surface area contributed by atoms with E-state index in [0.717, 1.165) is 16.7 Å². The smallest absolute Gasteiger partial charge is 0.255 e. The summed E-state index contributed by atoms with van der Waals surface area (Å²) in [6.45, 7) is 0.289. The van der Waals surface area contributed by atoms with E-state index in [-0.39, 0.29) is 18.4 Å². The highest BCUT2D eigenvalue weighted by molar-refractivity contribution is 6.05. The third-order valence-corrected chi connectivity index (χ3v) is 4.88. The first-order chi connectivity index (χ1) is 15.2. The summed E-state index contributed by atoms with van der Waals surface area (Å²) < 4.78 is 0. The quantitative estimate of drug-likeness (QED) is 0.476. The summed E-state index contributed by atoms with van der Waals surface area (Å²) in [5.41, 5.74) is 4.68. The van der Waals surface area contributed by atoms with Crippen molar-refractivity contribution in [2.24, 2.45) is 0 Å². The number of hydrogen-bond donors (Lipinski definition) is 2. The molecule has 4 aromatic rings. The molecule has 1 heterocycles. The van der Waals surface area contributed by atoms with Crippen LogP contribution in [0.3, 0.4) is 0 Å². The molecule has 2 N–H and O–H groups in total. The van der Waals surface area contributed by atoms with Gasteiger partial charge in [-0.25, -0.2) is 0 Å². The van der Waals surface area contributed by atoms with Gasteiger partial charge in [0.25, 0.3) is 11.8 Å². The summed E-state index contributed by atoms with van der Waals surface area (Å²) in [6, 6.07) is 28.3. The Bertz CT molecular complexity index is 1170. The van der Waals surface area contributed by atoms with Crippen LogP contribution in [-0.4, -0.2) is 16.8 Å². The summed E-state index contributed by atoms with van der Waals surface area (Å²) in [7, 11) is 0. The van der Waals surface area contributed by atoms with Crippen LogP contribution in [-0.2, 0) is 6.54 Å². The highest BCUT2D eigenvalue weighted by Gasteiger charge is 2.11. The van der Waals surface area contributed by atoms with Crippen molar-refractivity contribution in [3.8, 4) is 11.1 Å². The van der Waals surface area contributed by atoms with E-state index >= 15 is 0 Å². The Morgan fingerprint density at radius 2 is 1.39 bits per heavy atom. The fourth-order valence-corrected chi connectivity index (χ4v) is 3.21. The van der Waals surface area contributed by atoms with Gasteiger partial charge in [0.05, 0.1) is 5.56 Å². The van der Waals surface area contributed by atoms with Gasteiger partial charge in [-0.2, -0.15) is 0 Å². The Morgan fingerprint density at radius 3 is 2.13 bits per heavy atom. The van der Waals surface area contributed by atoms with Gasteiger partial charge >= 0.3 is 0 Å². The lowest BCUT2D eigenvalue weighted by atomic mass is 10.0. The van der Waals surface area contributed by atoms with Gasteiger partial charge in [0.2, 0.25) is 0 Å². The van der Waals surface area contributed by atoms with Crippen molar-refractivity contribution in [2.45, 2.75) is 6.54 Å². The number of carbonyl (C=O) groups excluding carboxylic acids is 2. The molecule has 0 aliphatic rings. The molecular weight excluding hydrogens is 386 g/mol. The summed E-state index contributed by atoms with van der Waals surface area (Å²) in [5, 5.41) is 5.81. The number of para-hydroxylation sites is 1. The zero-order chi connectivity index (χ0) is 21.5. The predicted octanol–water partition coefficient (Wildman–Crippen LogP) is 4.93. The van der Waals surface area contributed by atoms with E-state index in [9.17, 15) is 9.59 Å². The number of aromatic nitrogens is 1. The molecule has 0 fully saturated rings. The predicted molar refractivity (Wildman–Crippen MR) is 122 cm³/mol. The molecule has 5 heteroatoms. The minimum Gasteiger partial charge on any atom is -0.348 e. The fraction of sp³-hybridized carbons (Fsp3) is 0.0385. The number of anilines is 1. The van der Waals surface area contributed by atoms with Gasteiger partial charge in [-0.15, -0.1) is 0 Å². The van der Waals surface area contributed by atoms with E-state index in [1.54, 1.807) is 18.3 Å². The van der Waals surface area contributed by atoms with E-state index < -0.39 is 0 Å². The highest BCUT2D eigenvalue weighted by Crippen LogP contribution is 2.21. The van der Waals surface area contributed by atoms with Gasteiger partial charge in [-0.05, 0) is 47.0 Å². The molecule has 0 bridgehead atoms. The monoisotopic (exact) mass is 407 g/mol. The van der Waals surface area contributed by atoms with Crippen molar-refractivity contribution < 1.29 is 9.59 Å². The standard InChI is InChI=1S/C26H21N3O2/c30-25(23-10-6-16-27-17-23)28-18-22-9-4-5-11-24(22)29-26(31)21-14-12-20(13-15-21)19-7-2-1-3-8-19/h1-17H,18H2,(H,28,30)(H,29,31). The second-order valence-electron chi connectivity index (χ2n) is 6.98. The SMILES string of the molecule is O=C(NCc1ccccc1NC(=O)c1ccc(-c2ccccc2)cc1)c1cccnc1. The third kappa shape index (κ3) is 5.03. The van der Waals surface area contributed by atoms with Gasteiger partial charge in [0.1, 0.15) is 0 Å². The first-order valence-corrected chi connectivity index (χ1v) is 9.94. The van der Waals surface area contributed by atoms with Crippen LogP contribution in [0.15, 0.2) is 103 Å². The molecule has 0 unspecified atom stereocenters. The van der Waals surface area contributed by atoms with Crippen LogP contribution >= 0.6 is 0 Å². The Morgan fingerprint density at radius 1 is 0.677 bits per heavy atom. The van der Waals surface area contributed by atoms with Gasteiger partial charge in [0, 0.05) is 30.2 Å². The minimum absolute atomic E-state index is 0.203. The van der Waals surface area contributed by atoms with Crippen molar-refractivity contribution in [1.82, 2.24) is 10.3 Å². The Hall–Kier alpha value is -4.25. The Labute approximate surface area is 180 Å². The van der Waals surface area contributed by atoms with Crippen LogP contribution in [0, 0.1) is 0 Å². The number of amides is 2. The number of nitrogens with one attached hydrogen (secondary N) is 2. The molecule has 0 spiro atoms. The minimum atomic E-state index is -0.217. The molecular formula is C26H21N3O2. The molecule has 3 aromatic carbocycles. The van der Waals surface area contributed by atoms with E-state index in [1.807, 2.05) is 78.9 Å². The van der Waals surface area contributed by atoms with Crippen LogP contribution in [0.1, 0.15) is 26.3 Å². The summed E-state index contributed by atoms with van der Waals surface area (Å²) in [4.78, 5) is 29.0. The number of pyridine rings is 1. The largest absolute Gasteiger partial charge is 0.348 e. The van der Waals surface area contributed by atoms with Gasteiger partial charge in [-0.1, -0.05) is 60.7 Å². The van der Waals surface area contributed by atoms with Gasteiger partial charge < -0.3 is 10.6 Å². The average Bonchev–Trinajstić information content (AvgIpc) is 2.84. The highest BCUT2D eigenvalue weighted by atomic mass is 16.2. The molecule has 0 saturated carbocycles. The second kappa shape index (κ2) is 9.50. The number of hydrogen-bond acceptors (Lipinski definition) is 3. The van der Waals surface area contributed by atoms with Crippen molar-refractivity contribution in [2.75, 3.05) is 5.32 Å². The molecule has 0 atom stereocenters. The zero-order valence-electron chi connectivity index (χ0n) is 16.8. The Balaban J connectivity index is 1.43. The average molecular weight is 407 g/mol. The molecule has 2 amide bonds. The Kier molecular flexibility index (Phi) is 6.14. The maximum absolute atomic E-state index is 12.8. The molecule has 0 radical (unpaired) electrons. The molecule has 4 rings (SSSR count). The summed E-state index contributed by atoms with van der Waals surface area (Å²) in [6.07, 6.45) is 3.14. The molecule has 0 aliphatic carbocycles.